The molecule has 4 heteroatoms. The molecule has 1 aliphatic rings. The fourth-order valence-electron chi connectivity index (χ4n) is 2.67. The molecule has 1 atom stereocenters. The molecule has 0 saturated carbocycles. The molecule has 2 heterocycles. The minimum Gasteiger partial charge on any atom is -0.469 e. The Hall–Kier alpha value is -1.32. The highest BCUT2D eigenvalue weighted by Gasteiger charge is 2.36. The van der Waals surface area contributed by atoms with Gasteiger partial charge in [0.05, 0.1) is 16.9 Å². The molecule has 3 rings (SSSR count). The van der Waals surface area contributed by atoms with Crippen LogP contribution in [-0.2, 0) is 18.4 Å². The minimum atomic E-state index is -0.869. The molecule has 3 nitrogen and oxygen atoms in total. The number of aliphatic hydroxyl groups is 1. The van der Waals surface area contributed by atoms with E-state index >= 15 is 0 Å². The molecule has 2 aromatic rings. The zero-order valence-corrected chi connectivity index (χ0v) is 10.7. The van der Waals surface area contributed by atoms with Crippen molar-refractivity contribution in [3.8, 4) is 0 Å². The first-order chi connectivity index (χ1) is 8.69. The van der Waals surface area contributed by atoms with Gasteiger partial charge in [0.2, 0.25) is 0 Å². The van der Waals surface area contributed by atoms with Crippen LogP contribution in [-0.4, -0.2) is 10.1 Å². The van der Waals surface area contributed by atoms with E-state index in [-0.39, 0.29) is 0 Å². The van der Waals surface area contributed by atoms with Crippen LogP contribution in [0.1, 0.15) is 29.7 Å². The number of halogens is 1. The second-order valence-corrected chi connectivity index (χ2v) is 5.19. The van der Waals surface area contributed by atoms with Crippen LogP contribution in [0.4, 0.5) is 0 Å². The molecule has 2 aromatic heterocycles. The average Bonchev–Trinajstić information content (AvgIpc) is 2.82. The third-order valence-corrected chi connectivity index (χ3v) is 3.92. The SMILES string of the molecule is OC1(Cc2ccncc2Cl)CCCc2occc21. The lowest BCUT2D eigenvalue weighted by Gasteiger charge is -2.32. The molecule has 1 N–H and O–H groups in total. The van der Waals surface area contributed by atoms with Crippen molar-refractivity contribution < 1.29 is 9.52 Å². The van der Waals surface area contributed by atoms with E-state index in [1.807, 2.05) is 12.1 Å². The average molecular weight is 264 g/mol. The molecule has 94 valence electrons. The van der Waals surface area contributed by atoms with Gasteiger partial charge in [-0.2, -0.15) is 0 Å². The zero-order valence-electron chi connectivity index (χ0n) is 9.90. The second-order valence-electron chi connectivity index (χ2n) is 4.79. The highest BCUT2D eigenvalue weighted by atomic mass is 35.5. The van der Waals surface area contributed by atoms with Crippen LogP contribution < -0.4 is 0 Å². The standard InChI is InChI=1S/C14H14ClNO2/c15-12-9-16-6-3-10(12)8-14(17)5-1-2-13-11(14)4-7-18-13/h3-4,6-7,9,17H,1-2,5,8H2. The first kappa shape index (κ1) is 11.8. The summed E-state index contributed by atoms with van der Waals surface area (Å²) in [6.07, 6.45) is 8.02. The van der Waals surface area contributed by atoms with E-state index in [2.05, 4.69) is 4.98 Å². The van der Waals surface area contributed by atoms with Crippen molar-refractivity contribution >= 4 is 11.6 Å². The molecule has 1 aliphatic carbocycles. The Labute approximate surface area is 110 Å². The summed E-state index contributed by atoms with van der Waals surface area (Å²) in [5.41, 5.74) is 0.954. The van der Waals surface area contributed by atoms with Gasteiger partial charge in [0.15, 0.2) is 0 Å². The number of hydrogen-bond acceptors (Lipinski definition) is 3. The van der Waals surface area contributed by atoms with Crippen molar-refractivity contribution in [2.45, 2.75) is 31.3 Å². The van der Waals surface area contributed by atoms with Crippen LogP contribution in [0.2, 0.25) is 5.02 Å². The van der Waals surface area contributed by atoms with Gasteiger partial charge in [-0.05, 0) is 30.5 Å². The number of fused-ring (bicyclic) bond motifs is 1. The van der Waals surface area contributed by atoms with Crippen LogP contribution in [0.3, 0.4) is 0 Å². The van der Waals surface area contributed by atoms with Crippen molar-refractivity contribution in [2.24, 2.45) is 0 Å². The molecule has 0 aliphatic heterocycles. The largest absolute Gasteiger partial charge is 0.469 e. The van der Waals surface area contributed by atoms with Gasteiger partial charge in [-0.3, -0.25) is 4.98 Å². The molecule has 1 unspecified atom stereocenters. The van der Waals surface area contributed by atoms with Gasteiger partial charge >= 0.3 is 0 Å². The Kier molecular flexibility index (Phi) is 2.88. The first-order valence-corrected chi connectivity index (χ1v) is 6.44. The van der Waals surface area contributed by atoms with Gasteiger partial charge in [0.1, 0.15) is 5.76 Å². The molecule has 0 amide bonds. The summed E-state index contributed by atoms with van der Waals surface area (Å²) >= 11 is 6.11. The maximum atomic E-state index is 10.9. The molecular formula is C14H14ClNO2. The molecule has 0 bridgehead atoms. The molecule has 0 fully saturated rings. The molecule has 0 saturated heterocycles. The van der Waals surface area contributed by atoms with Gasteiger partial charge in [0, 0.05) is 30.8 Å². The molecule has 18 heavy (non-hydrogen) atoms. The summed E-state index contributed by atoms with van der Waals surface area (Å²) in [6, 6.07) is 3.72. The maximum Gasteiger partial charge on any atom is 0.109 e. The van der Waals surface area contributed by atoms with Crippen LogP contribution in [0.25, 0.3) is 0 Å². The Morgan fingerprint density at radius 1 is 1.44 bits per heavy atom. The number of hydrogen-bond donors (Lipinski definition) is 1. The molecular weight excluding hydrogens is 250 g/mol. The number of furan rings is 1. The van der Waals surface area contributed by atoms with Crippen LogP contribution in [0.5, 0.6) is 0 Å². The smallest absolute Gasteiger partial charge is 0.109 e. The van der Waals surface area contributed by atoms with Crippen molar-refractivity contribution in [1.82, 2.24) is 4.98 Å². The van der Waals surface area contributed by atoms with E-state index in [0.717, 1.165) is 36.1 Å². The molecule has 0 aromatic carbocycles. The predicted octanol–water partition coefficient (Wildman–Crippen LogP) is 3.09. The first-order valence-electron chi connectivity index (χ1n) is 6.07. The van der Waals surface area contributed by atoms with E-state index in [1.54, 1.807) is 18.7 Å². The summed E-state index contributed by atoms with van der Waals surface area (Å²) in [6.45, 7) is 0. The zero-order chi connectivity index (χ0) is 12.6. The van der Waals surface area contributed by atoms with Gasteiger partial charge < -0.3 is 9.52 Å². The maximum absolute atomic E-state index is 10.9. The van der Waals surface area contributed by atoms with E-state index < -0.39 is 5.60 Å². The summed E-state index contributed by atoms with van der Waals surface area (Å²) in [4.78, 5) is 3.96. The van der Waals surface area contributed by atoms with Crippen molar-refractivity contribution in [2.75, 3.05) is 0 Å². The monoisotopic (exact) mass is 263 g/mol. The van der Waals surface area contributed by atoms with Crippen molar-refractivity contribution in [3.05, 3.63) is 52.7 Å². The van der Waals surface area contributed by atoms with Gasteiger partial charge in [-0.15, -0.1) is 0 Å². The Bertz CT molecular complexity index is 566. The topological polar surface area (TPSA) is 46.3 Å². The number of nitrogens with zero attached hydrogens (tertiary/aromatic N) is 1. The number of rotatable bonds is 2. The van der Waals surface area contributed by atoms with E-state index in [1.165, 1.54) is 0 Å². The lowest BCUT2D eigenvalue weighted by Crippen LogP contribution is -2.32. The fourth-order valence-corrected chi connectivity index (χ4v) is 2.86. The predicted molar refractivity (Wildman–Crippen MR) is 68.5 cm³/mol. The third kappa shape index (κ3) is 1.93. The number of aryl methyl sites for hydroxylation is 1. The van der Waals surface area contributed by atoms with E-state index in [9.17, 15) is 5.11 Å². The fraction of sp³-hybridized carbons (Fsp3) is 0.357. The van der Waals surface area contributed by atoms with Gasteiger partial charge in [-0.1, -0.05) is 11.6 Å². The van der Waals surface area contributed by atoms with Crippen molar-refractivity contribution in [1.29, 1.82) is 0 Å². The summed E-state index contributed by atoms with van der Waals surface area (Å²) in [7, 11) is 0. The highest BCUT2D eigenvalue weighted by Crippen LogP contribution is 2.39. The number of aromatic nitrogens is 1. The lowest BCUT2D eigenvalue weighted by atomic mass is 9.79. The Morgan fingerprint density at radius 3 is 3.17 bits per heavy atom. The summed E-state index contributed by atoms with van der Waals surface area (Å²) in [5, 5.41) is 11.4. The lowest BCUT2D eigenvalue weighted by molar-refractivity contribution is 0.0169. The molecule has 0 radical (unpaired) electrons. The van der Waals surface area contributed by atoms with Crippen LogP contribution >= 0.6 is 11.6 Å². The third-order valence-electron chi connectivity index (χ3n) is 3.58. The van der Waals surface area contributed by atoms with Crippen LogP contribution in [0, 0.1) is 0 Å². The summed E-state index contributed by atoms with van der Waals surface area (Å²) in [5.74, 6) is 0.897. The Balaban J connectivity index is 1.96. The second kappa shape index (κ2) is 4.41. The normalized spacial score (nSPS) is 22.8. The molecule has 0 spiro atoms. The number of pyridine rings is 1. The van der Waals surface area contributed by atoms with Crippen LogP contribution in [0.15, 0.2) is 35.2 Å². The Morgan fingerprint density at radius 2 is 2.33 bits per heavy atom. The van der Waals surface area contributed by atoms with E-state index in [0.29, 0.717) is 11.4 Å². The summed E-state index contributed by atoms with van der Waals surface area (Å²) < 4.78 is 5.41. The van der Waals surface area contributed by atoms with Gasteiger partial charge in [0.25, 0.3) is 0 Å². The van der Waals surface area contributed by atoms with E-state index in [4.69, 9.17) is 16.0 Å². The minimum absolute atomic E-state index is 0.501. The quantitative estimate of drug-likeness (QED) is 0.906. The van der Waals surface area contributed by atoms with Crippen molar-refractivity contribution in [3.63, 3.8) is 0 Å². The highest BCUT2D eigenvalue weighted by molar-refractivity contribution is 6.31. The van der Waals surface area contributed by atoms with Gasteiger partial charge in [-0.25, -0.2) is 0 Å².